The van der Waals surface area contributed by atoms with Crippen LogP contribution in [0.15, 0.2) is 48.8 Å². The Balaban J connectivity index is 2.13. The highest BCUT2D eigenvalue weighted by Gasteiger charge is 2.11. The van der Waals surface area contributed by atoms with E-state index in [4.69, 9.17) is 9.47 Å². The summed E-state index contributed by atoms with van der Waals surface area (Å²) in [6.07, 6.45) is 13.0. The fraction of sp³-hybridized carbons (Fsp3) is 0.586. The van der Waals surface area contributed by atoms with Gasteiger partial charge in [0.15, 0.2) is 0 Å². The molecule has 0 saturated carbocycles. The van der Waals surface area contributed by atoms with Gasteiger partial charge in [-0.1, -0.05) is 57.6 Å². The Morgan fingerprint density at radius 3 is 2.53 bits per heavy atom. The molecule has 0 bridgehead atoms. The van der Waals surface area contributed by atoms with Gasteiger partial charge in [0.05, 0.1) is 5.76 Å². The lowest BCUT2D eigenvalue weighted by Gasteiger charge is -2.24. The van der Waals surface area contributed by atoms with Gasteiger partial charge in [0.1, 0.15) is 19.0 Å². The maximum absolute atomic E-state index is 13.0. The quantitative estimate of drug-likeness (QED) is 0.0557. The van der Waals surface area contributed by atoms with Gasteiger partial charge in [0, 0.05) is 31.2 Å². The van der Waals surface area contributed by atoms with Gasteiger partial charge in [-0.05, 0) is 55.6 Å². The van der Waals surface area contributed by atoms with E-state index in [1.165, 1.54) is 18.6 Å². The van der Waals surface area contributed by atoms with Crippen LogP contribution in [-0.2, 0) is 25.5 Å². The molecule has 7 heteroatoms. The summed E-state index contributed by atoms with van der Waals surface area (Å²) < 4.78 is 23.7. The number of hydrogen-bond acceptors (Lipinski definition) is 5. The number of carbonyl (C=O) groups is 2. The summed E-state index contributed by atoms with van der Waals surface area (Å²) in [6, 6.07) is 6.63. The molecule has 0 N–H and O–H groups in total. The van der Waals surface area contributed by atoms with Crippen LogP contribution >= 0.6 is 11.8 Å². The van der Waals surface area contributed by atoms with Crippen LogP contribution in [0.5, 0.6) is 0 Å². The summed E-state index contributed by atoms with van der Waals surface area (Å²) in [4.78, 5) is 25.3. The molecule has 36 heavy (non-hydrogen) atoms. The van der Waals surface area contributed by atoms with E-state index in [1.54, 1.807) is 23.9 Å². The van der Waals surface area contributed by atoms with E-state index in [9.17, 15) is 14.0 Å². The van der Waals surface area contributed by atoms with Crippen molar-refractivity contribution in [3.63, 3.8) is 0 Å². The Morgan fingerprint density at radius 1 is 1.08 bits per heavy atom. The average molecular weight is 522 g/mol. The molecule has 1 aromatic carbocycles. The first kappa shape index (κ1) is 31.7. The van der Waals surface area contributed by atoms with Gasteiger partial charge in [-0.3, -0.25) is 9.59 Å². The van der Waals surface area contributed by atoms with Crippen molar-refractivity contribution in [3.05, 3.63) is 60.1 Å². The lowest BCUT2D eigenvalue weighted by Crippen LogP contribution is -2.34. The molecule has 0 fully saturated rings. The molecule has 0 heterocycles. The number of allylic oxidation sites excluding steroid dienone is 2. The fourth-order valence-electron chi connectivity index (χ4n) is 3.58. The van der Waals surface area contributed by atoms with Gasteiger partial charge >= 0.3 is 5.97 Å². The van der Waals surface area contributed by atoms with Gasteiger partial charge in [-0.2, -0.15) is 11.8 Å². The van der Waals surface area contributed by atoms with Crippen LogP contribution in [0.25, 0.3) is 0 Å². The second kappa shape index (κ2) is 20.9. The molecule has 0 aromatic heterocycles. The number of amides is 1. The normalized spacial score (nSPS) is 11.9. The van der Waals surface area contributed by atoms with E-state index in [-0.39, 0.29) is 24.4 Å². The van der Waals surface area contributed by atoms with Crippen LogP contribution in [0.1, 0.15) is 70.8 Å². The zero-order chi connectivity index (χ0) is 26.4. The predicted octanol–water partition coefficient (Wildman–Crippen LogP) is 6.72. The van der Waals surface area contributed by atoms with Gasteiger partial charge in [0.2, 0.25) is 6.41 Å². The Bertz CT molecular complexity index is 769. The first-order valence-corrected chi connectivity index (χ1v) is 14.3. The minimum Gasteiger partial charge on any atom is -0.495 e. The van der Waals surface area contributed by atoms with Crippen molar-refractivity contribution in [1.82, 2.24) is 4.90 Å². The summed E-state index contributed by atoms with van der Waals surface area (Å²) in [5.74, 6) is 1.99. The largest absolute Gasteiger partial charge is 0.495 e. The van der Waals surface area contributed by atoms with Crippen LogP contribution in [0.4, 0.5) is 4.39 Å². The van der Waals surface area contributed by atoms with Crippen LogP contribution in [0.3, 0.4) is 0 Å². The third kappa shape index (κ3) is 15.7. The van der Waals surface area contributed by atoms with Crippen LogP contribution < -0.4 is 0 Å². The van der Waals surface area contributed by atoms with E-state index in [0.29, 0.717) is 19.6 Å². The number of esters is 1. The molecule has 1 aromatic rings. The van der Waals surface area contributed by atoms with Crippen LogP contribution in [0.2, 0.25) is 0 Å². The van der Waals surface area contributed by atoms with E-state index in [1.807, 2.05) is 4.90 Å². The third-order valence-electron chi connectivity index (χ3n) is 5.73. The summed E-state index contributed by atoms with van der Waals surface area (Å²) in [5.41, 5.74) is 1.10. The standard InChI is InChI=1S/C29H44FNO4S/c1-4-6-7-11-25(3)34-20-21-35-29(33)14-10-22-36-23-19-31(24-32)28(5-2)13-9-8-12-26-15-17-27(30)18-16-26/h9,13,15-18,24,28H,3-8,10-12,14,19-23H2,1-2H3/b13-9+. The highest BCUT2D eigenvalue weighted by Crippen LogP contribution is 2.12. The lowest BCUT2D eigenvalue weighted by atomic mass is 10.1. The molecule has 1 rings (SSSR count). The number of rotatable bonds is 22. The molecule has 0 spiro atoms. The number of nitrogens with zero attached hydrogens (tertiary/aromatic N) is 1. The number of carbonyl (C=O) groups excluding carboxylic acids is 2. The number of benzene rings is 1. The van der Waals surface area contributed by atoms with Crippen molar-refractivity contribution < 1.29 is 23.5 Å². The smallest absolute Gasteiger partial charge is 0.305 e. The summed E-state index contributed by atoms with van der Waals surface area (Å²) in [7, 11) is 0. The minimum absolute atomic E-state index is 0.0660. The SMILES string of the molecule is C=C(CCCCC)OCCOC(=O)CCCSCCN(C=O)C(/C=C/CCc1ccc(F)cc1)CC. The van der Waals surface area contributed by atoms with Crippen molar-refractivity contribution in [1.29, 1.82) is 0 Å². The average Bonchev–Trinajstić information content (AvgIpc) is 2.88. The molecule has 0 aliphatic rings. The Hall–Kier alpha value is -2.28. The second-order valence-corrected chi connectivity index (χ2v) is 9.92. The van der Waals surface area contributed by atoms with E-state index in [2.05, 4.69) is 32.6 Å². The van der Waals surface area contributed by atoms with E-state index < -0.39 is 0 Å². The number of aryl methyl sites for hydroxylation is 1. The molecule has 0 aliphatic carbocycles. The lowest BCUT2D eigenvalue weighted by molar-refractivity contribution is -0.144. The van der Waals surface area contributed by atoms with Gasteiger partial charge in [0.25, 0.3) is 0 Å². The zero-order valence-corrected chi connectivity index (χ0v) is 22.9. The van der Waals surface area contributed by atoms with E-state index in [0.717, 1.165) is 74.2 Å². The van der Waals surface area contributed by atoms with E-state index >= 15 is 0 Å². The molecule has 202 valence electrons. The summed E-state index contributed by atoms with van der Waals surface area (Å²) >= 11 is 1.74. The predicted molar refractivity (Wildman–Crippen MR) is 147 cm³/mol. The number of thioether (sulfide) groups is 1. The fourth-order valence-corrected chi connectivity index (χ4v) is 4.47. The molecular formula is C29H44FNO4S. The molecular weight excluding hydrogens is 477 g/mol. The molecule has 0 aliphatic heterocycles. The molecule has 1 unspecified atom stereocenters. The first-order valence-electron chi connectivity index (χ1n) is 13.2. The number of ether oxygens (including phenoxy) is 2. The highest BCUT2D eigenvalue weighted by atomic mass is 32.2. The molecule has 5 nitrogen and oxygen atoms in total. The minimum atomic E-state index is -0.222. The first-order chi connectivity index (χ1) is 17.5. The van der Waals surface area contributed by atoms with Crippen LogP contribution in [0, 0.1) is 5.82 Å². The third-order valence-corrected chi connectivity index (χ3v) is 6.77. The van der Waals surface area contributed by atoms with Crippen molar-refractivity contribution in [3.8, 4) is 0 Å². The monoisotopic (exact) mass is 521 g/mol. The molecule has 1 amide bonds. The maximum Gasteiger partial charge on any atom is 0.305 e. The number of hydrogen-bond donors (Lipinski definition) is 0. The van der Waals surface area contributed by atoms with Crippen LogP contribution in [-0.4, -0.2) is 54.6 Å². The molecule has 1 atom stereocenters. The van der Waals surface area contributed by atoms with Gasteiger partial charge in [-0.15, -0.1) is 0 Å². The topological polar surface area (TPSA) is 55.8 Å². The number of halogens is 1. The maximum atomic E-state index is 13.0. The second-order valence-electron chi connectivity index (χ2n) is 8.69. The van der Waals surface area contributed by atoms with Gasteiger partial charge < -0.3 is 14.4 Å². The summed E-state index contributed by atoms with van der Waals surface area (Å²) in [5, 5.41) is 0. The van der Waals surface area contributed by atoms with Crippen molar-refractivity contribution >= 4 is 24.1 Å². The zero-order valence-electron chi connectivity index (χ0n) is 22.1. The molecule has 0 saturated heterocycles. The van der Waals surface area contributed by atoms with Crippen molar-refractivity contribution in [2.45, 2.75) is 77.7 Å². The van der Waals surface area contributed by atoms with Crippen molar-refractivity contribution in [2.24, 2.45) is 0 Å². The van der Waals surface area contributed by atoms with Gasteiger partial charge in [-0.25, -0.2) is 4.39 Å². The number of unbranched alkanes of at least 4 members (excludes halogenated alkanes) is 2. The highest BCUT2D eigenvalue weighted by molar-refractivity contribution is 7.99. The Kier molecular flexibility index (Phi) is 18.4. The Labute approximate surface area is 221 Å². The Morgan fingerprint density at radius 2 is 1.83 bits per heavy atom. The summed E-state index contributed by atoms with van der Waals surface area (Å²) in [6.45, 7) is 9.38. The molecule has 0 radical (unpaired) electrons. The van der Waals surface area contributed by atoms with Crippen molar-refractivity contribution in [2.75, 3.05) is 31.3 Å².